The van der Waals surface area contributed by atoms with Gasteiger partial charge in [0.15, 0.2) is 0 Å². The number of hydrogen-bond donors (Lipinski definition) is 1. The first-order chi connectivity index (χ1) is 6.72. The number of aliphatic hydroxyl groups excluding tert-OH is 1. The molecule has 2 atom stereocenters. The highest BCUT2D eigenvalue weighted by atomic mass is 35.5. The largest absolute Gasteiger partial charge is 0.396 e. The summed E-state index contributed by atoms with van der Waals surface area (Å²) in [5.41, 5.74) is 2.75. The molecule has 1 aliphatic carbocycles. The van der Waals surface area contributed by atoms with Crippen LogP contribution in [0.5, 0.6) is 0 Å². The number of halogens is 1. The molecule has 0 aromatic heterocycles. The van der Waals surface area contributed by atoms with Crippen molar-refractivity contribution in [1.82, 2.24) is 0 Å². The van der Waals surface area contributed by atoms with Gasteiger partial charge in [0.05, 0.1) is 0 Å². The van der Waals surface area contributed by atoms with E-state index in [0.29, 0.717) is 11.8 Å². The topological polar surface area (TPSA) is 20.2 Å². The fourth-order valence-corrected chi connectivity index (χ4v) is 2.50. The quantitative estimate of drug-likeness (QED) is 0.796. The summed E-state index contributed by atoms with van der Waals surface area (Å²) in [5.74, 6) is 0.836. The van der Waals surface area contributed by atoms with Gasteiger partial charge in [0.1, 0.15) is 0 Å². The summed E-state index contributed by atoms with van der Waals surface area (Å²) >= 11 is 5.97. The molecule has 0 bridgehead atoms. The lowest BCUT2D eigenvalue weighted by Crippen LogP contribution is -2.10. The van der Waals surface area contributed by atoms with Gasteiger partial charge in [0.2, 0.25) is 0 Å². The number of fused-ring (bicyclic) bond motifs is 1. The lowest BCUT2D eigenvalue weighted by atomic mass is 9.89. The van der Waals surface area contributed by atoms with Crippen LogP contribution in [0.25, 0.3) is 0 Å². The molecular weight excluding hydrogens is 196 g/mol. The smallest absolute Gasteiger partial charge is 0.0462 e. The van der Waals surface area contributed by atoms with Crippen LogP contribution in [0.15, 0.2) is 18.2 Å². The minimum absolute atomic E-state index is 0.261. The molecule has 0 fully saturated rings. The molecular formula is C12H15ClO. The molecule has 0 saturated carbocycles. The molecule has 2 rings (SSSR count). The van der Waals surface area contributed by atoms with Gasteiger partial charge in [-0.1, -0.05) is 24.6 Å². The third-order valence-corrected chi connectivity index (χ3v) is 3.44. The van der Waals surface area contributed by atoms with Crippen molar-refractivity contribution in [3.8, 4) is 0 Å². The maximum atomic E-state index is 9.16. The Bertz CT molecular complexity index is 335. The normalized spacial score (nSPS) is 22.1. The van der Waals surface area contributed by atoms with E-state index >= 15 is 0 Å². The van der Waals surface area contributed by atoms with E-state index in [4.69, 9.17) is 16.7 Å². The fourth-order valence-electron chi connectivity index (χ4n) is 2.32. The Labute approximate surface area is 89.7 Å². The van der Waals surface area contributed by atoms with Crippen LogP contribution < -0.4 is 0 Å². The summed E-state index contributed by atoms with van der Waals surface area (Å²) in [6, 6.07) is 6.12. The van der Waals surface area contributed by atoms with Crippen LogP contribution in [0.3, 0.4) is 0 Å². The highest BCUT2D eigenvalue weighted by molar-refractivity contribution is 6.30. The molecule has 0 radical (unpaired) electrons. The van der Waals surface area contributed by atoms with Crippen LogP contribution in [0, 0.1) is 5.92 Å². The van der Waals surface area contributed by atoms with Gasteiger partial charge >= 0.3 is 0 Å². The number of rotatable bonds is 2. The standard InChI is InChI=1S/C12H15ClO/c1-8(7-14)11-5-3-9-2-4-10(13)6-12(9)11/h2,4,6,8,11,14H,3,5,7H2,1H3. The zero-order chi connectivity index (χ0) is 10.1. The summed E-state index contributed by atoms with van der Waals surface area (Å²) in [4.78, 5) is 0. The van der Waals surface area contributed by atoms with Gasteiger partial charge in [-0.3, -0.25) is 0 Å². The SMILES string of the molecule is CC(CO)C1CCc2ccc(Cl)cc21. The van der Waals surface area contributed by atoms with Gasteiger partial charge in [0, 0.05) is 11.6 Å². The van der Waals surface area contributed by atoms with Crippen molar-refractivity contribution < 1.29 is 5.11 Å². The lowest BCUT2D eigenvalue weighted by Gasteiger charge is -2.17. The van der Waals surface area contributed by atoms with Gasteiger partial charge in [-0.2, -0.15) is 0 Å². The Morgan fingerprint density at radius 3 is 3.07 bits per heavy atom. The molecule has 0 aliphatic heterocycles. The highest BCUT2D eigenvalue weighted by Gasteiger charge is 2.26. The van der Waals surface area contributed by atoms with Gasteiger partial charge in [0.25, 0.3) is 0 Å². The van der Waals surface area contributed by atoms with Gasteiger partial charge in [-0.15, -0.1) is 0 Å². The summed E-state index contributed by atoms with van der Waals surface area (Å²) in [7, 11) is 0. The van der Waals surface area contributed by atoms with Gasteiger partial charge in [-0.05, 0) is 47.9 Å². The molecule has 2 heteroatoms. The molecule has 1 aromatic carbocycles. The molecule has 0 spiro atoms. The molecule has 1 aliphatic rings. The second-order valence-corrected chi connectivity index (χ2v) is 4.58. The Morgan fingerprint density at radius 1 is 1.57 bits per heavy atom. The first-order valence-corrected chi connectivity index (χ1v) is 5.49. The molecule has 0 saturated heterocycles. The minimum Gasteiger partial charge on any atom is -0.396 e. The van der Waals surface area contributed by atoms with Crippen LogP contribution in [0.1, 0.15) is 30.4 Å². The van der Waals surface area contributed by atoms with Crippen molar-refractivity contribution >= 4 is 11.6 Å². The van der Waals surface area contributed by atoms with Crippen LogP contribution in [0.4, 0.5) is 0 Å². The fraction of sp³-hybridized carbons (Fsp3) is 0.500. The van der Waals surface area contributed by atoms with Crippen molar-refractivity contribution in [3.63, 3.8) is 0 Å². The minimum atomic E-state index is 0.261. The monoisotopic (exact) mass is 210 g/mol. The van der Waals surface area contributed by atoms with Crippen molar-refractivity contribution in [2.24, 2.45) is 5.92 Å². The zero-order valence-electron chi connectivity index (χ0n) is 8.33. The average Bonchev–Trinajstić information content (AvgIpc) is 2.59. The zero-order valence-corrected chi connectivity index (χ0v) is 9.09. The first-order valence-electron chi connectivity index (χ1n) is 5.11. The summed E-state index contributed by atoms with van der Waals surface area (Å²) < 4.78 is 0. The molecule has 2 unspecified atom stereocenters. The molecule has 1 nitrogen and oxygen atoms in total. The van der Waals surface area contributed by atoms with E-state index in [0.717, 1.165) is 17.9 Å². The molecule has 1 aromatic rings. The van der Waals surface area contributed by atoms with E-state index in [9.17, 15) is 0 Å². The van der Waals surface area contributed by atoms with Crippen LogP contribution >= 0.6 is 11.6 Å². The third kappa shape index (κ3) is 1.67. The number of aryl methyl sites for hydroxylation is 1. The molecule has 0 amide bonds. The number of hydrogen-bond acceptors (Lipinski definition) is 1. The predicted octanol–water partition coefficient (Wildman–Crippen LogP) is 3.00. The second kappa shape index (κ2) is 3.92. The van der Waals surface area contributed by atoms with Crippen molar-refractivity contribution in [1.29, 1.82) is 0 Å². The van der Waals surface area contributed by atoms with E-state index in [1.807, 2.05) is 6.07 Å². The summed E-state index contributed by atoms with van der Waals surface area (Å²) in [6.45, 7) is 2.36. The maximum absolute atomic E-state index is 9.16. The highest BCUT2D eigenvalue weighted by Crippen LogP contribution is 2.39. The van der Waals surface area contributed by atoms with Crippen LogP contribution in [-0.2, 0) is 6.42 Å². The molecule has 76 valence electrons. The Hall–Kier alpha value is -0.530. The van der Waals surface area contributed by atoms with E-state index < -0.39 is 0 Å². The van der Waals surface area contributed by atoms with E-state index in [1.165, 1.54) is 11.1 Å². The Kier molecular flexibility index (Phi) is 2.80. The van der Waals surface area contributed by atoms with Crippen molar-refractivity contribution in [2.45, 2.75) is 25.7 Å². The van der Waals surface area contributed by atoms with Crippen LogP contribution in [0.2, 0.25) is 5.02 Å². The summed E-state index contributed by atoms with van der Waals surface area (Å²) in [6.07, 6.45) is 2.28. The number of benzene rings is 1. The maximum Gasteiger partial charge on any atom is 0.0462 e. The summed E-state index contributed by atoms with van der Waals surface area (Å²) in [5, 5.41) is 9.96. The van der Waals surface area contributed by atoms with E-state index in [-0.39, 0.29) is 6.61 Å². The van der Waals surface area contributed by atoms with E-state index in [2.05, 4.69) is 19.1 Å². The average molecular weight is 211 g/mol. The molecule has 0 heterocycles. The van der Waals surface area contributed by atoms with Crippen molar-refractivity contribution in [2.75, 3.05) is 6.61 Å². The van der Waals surface area contributed by atoms with Gasteiger partial charge in [-0.25, -0.2) is 0 Å². The van der Waals surface area contributed by atoms with Crippen LogP contribution in [-0.4, -0.2) is 11.7 Å². The number of aliphatic hydroxyl groups is 1. The van der Waals surface area contributed by atoms with E-state index in [1.54, 1.807) is 0 Å². The van der Waals surface area contributed by atoms with Gasteiger partial charge < -0.3 is 5.11 Å². The Morgan fingerprint density at radius 2 is 2.36 bits per heavy atom. The first kappa shape index (κ1) is 10.0. The second-order valence-electron chi connectivity index (χ2n) is 4.15. The molecule has 1 N–H and O–H groups in total. The Balaban J connectivity index is 2.33. The molecule has 14 heavy (non-hydrogen) atoms. The van der Waals surface area contributed by atoms with Crippen molar-refractivity contribution in [3.05, 3.63) is 34.3 Å². The third-order valence-electron chi connectivity index (χ3n) is 3.21. The predicted molar refractivity (Wildman–Crippen MR) is 58.8 cm³/mol. The lowest BCUT2D eigenvalue weighted by molar-refractivity contribution is 0.215.